The highest BCUT2D eigenvalue weighted by Crippen LogP contribution is 2.34. The Morgan fingerprint density at radius 2 is 1.85 bits per heavy atom. The van der Waals surface area contributed by atoms with Gasteiger partial charge in [-0.2, -0.15) is 18.3 Å². The zero-order valence-corrected chi connectivity index (χ0v) is 19.2. The summed E-state index contributed by atoms with van der Waals surface area (Å²) in [5.74, 6) is 1.40. The van der Waals surface area contributed by atoms with Gasteiger partial charge in [0.25, 0.3) is 6.29 Å². The predicted molar refractivity (Wildman–Crippen MR) is 121 cm³/mol. The van der Waals surface area contributed by atoms with Crippen LogP contribution in [0, 0.1) is 0 Å². The summed E-state index contributed by atoms with van der Waals surface area (Å²) in [4.78, 5) is 11.5. The lowest BCUT2D eigenvalue weighted by molar-refractivity contribution is -0.321. The molecular formula is C23H29F3N6O2. The molecular weight excluding hydrogens is 449 g/mol. The van der Waals surface area contributed by atoms with Crippen molar-refractivity contribution in [3.8, 4) is 0 Å². The summed E-state index contributed by atoms with van der Waals surface area (Å²) in [6.45, 7) is 4.73. The van der Waals surface area contributed by atoms with E-state index in [9.17, 15) is 18.3 Å². The molecule has 11 heteroatoms. The molecule has 4 rings (SSSR count). The normalized spacial score (nSPS) is 16.6. The molecule has 3 aromatic rings. The minimum atomic E-state index is -4.89. The number of nitrogens with zero attached hydrogens (tertiary/aromatic N) is 5. The molecule has 0 spiro atoms. The van der Waals surface area contributed by atoms with Crippen LogP contribution in [0.3, 0.4) is 0 Å². The third-order valence-corrected chi connectivity index (χ3v) is 6.00. The lowest BCUT2D eigenvalue weighted by Crippen LogP contribution is -2.38. The monoisotopic (exact) mass is 478 g/mol. The van der Waals surface area contributed by atoms with Crippen LogP contribution in [0.5, 0.6) is 0 Å². The highest BCUT2D eigenvalue weighted by Gasteiger charge is 2.43. The van der Waals surface area contributed by atoms with E-state index in [0.717, 1.165) is 37.3 Å². The van der Waals surface area contributed by atoms with Gasteiger partial charge in [-0.1, -0.05) is 25.0 Å². The number of hydrogen-bond acceptors (Lipinski definition) is 7. The van der Waals surface area contributed by atoms with Crippen molar-refractivity contribution >= 4 is 17.2 Å². The summed E-state index contributed by atoms with van der Waals surface area (Å²) in [6, 6.07) is 5.02. The second-order valence-corrected chi connectivity index (χ2v) is 9.07. The maximum atomic E-state index is 12.7. The SMILES string of the molecule is CC(C)(OC(O)C(F)(F)F)c1ccc(Cc2nc3c(N4CCCCCC4)nccn3n2)cc1N. The number of aliphatic hydroxyl groups excluding tert-OH is 1. The maximum Gasteiger partial charge on any atom is 0.439 e. The number of ether oxygens (including phenoxy) is 1. The van der Waals surface area contributed by atoms with Crippen molar-refractivity contribution in [2.24, 2.45) is 0 Å². The largest absolute Gasteiger partial charge is 0.439 e. The minimum Gasteiger partial charge on any atom is -0.398 e. The Balaban J connectivity index is 1.54. The fourth-order valence-corrected chi connectivity index (χ4v) is 4.29. The van der Waals surface area contributed by atoms with E-state index in [2.05, 4.69) is 15.0 Å². The van der Waals surface area contributed by atoms with Gasteiger partial charge in [0.2, 0.25) is 0 Å². The van der Waals surface area contributed by atoms with Crippen LogP contribution in [0.2, 0.25) is 0 Å². The van der Waals surface area contributed by atoms with Crippen molar-refractivity contribution in [1.82, 2.24) is 19.6 Å². The topological polar surface area (TPSA) is 102 Å². The van der Waals surface area contributed by atoms with E-state index in [1.165, 1.54) is 26.7 Å². The number of halogens is 3. The Morgan fingerprint density at radius 1 is 1.15 bits per heavy atom. The first kappa shape index (κ1) is 24.2. The number of nitrogen functional groups attached to an aromatic ring is 1. The van der Waals surface area contributed by atoms with Gasteiger partial charge in [-0.05, 0) is 38.3 Å². The van der Waals surface area contributed by atoms with Crippen molar-refractivity contribution in [3.05, 3.63) is 47.5 Å². The van der Waals surface area contributed by atoms with Crippen molar-refractivity contribution < 1.29 is 23.0 Å². The Bertz CT molecular complexity index is 1140. The zero-order valence-electron chi connectivity index (χ0n) is 19.2. The van der Waals surface area contributed by atoms with Gasteiger partial charge in [-0.3, -0.25) is 0 Å². The summed E-state index contributed by atoms with van der Waals surface area (Å²) in [7, 11) is 0. The van der Waals surface area contributed by atoms with E-state index in [1.54, 1.807) is 35.1 Å². The number of alkyl halides is 3. The van der Waals surface area contributed by atoms with Gasteiger partial charge in [0.05, 0.1) is 5.60 Å². The molecule has 3 N–H and O–H groups in total. The van der Waals surface area contributed by atoms with Crippen molar-refractivity contribution in [2.45, 2.75) is 64.0 Å². The van der Waals surface area contributed by atoms with Crippen LogP contribution in [0.4, 0.5) is 24.7 Å². The van der Waals surface area contributed by atoms with Crippen LogP contribution in [0.25, 0.3) is 5.65 Å². The fourth-order valence-electron chi connectivity index (χ4n) is 4.29. The Hall–Kier alpha value is -2.92. The predicted octanol–water partition coefficient (Wildman–Crippen LogP) is 3.81. The second kappa shape index (κ2) is 9.38. The third-order valence-electron chi connectivity index (χ3n) is 6.00. The lowest BCUT2D eigenvalue weighted by Gasteiger charge is -2.30. The summed E-state index contributed by atoms with van der Waals surface area (Å²) in [6.07, 6.45) is 0.741. The Kier molecular flexibility index (Phi) is 6.68. The van der Waals surface area contributed by atoms with Crippen molar-refractivity contribution in [1.29, 1.82) is 0 Å². The molecule has 184 valence electrons. The van der Waals surface area contributed by atoms with Crippen LogP contribution < -0.4 is 10.6 Å². The second-order valence-electron chi connectivity index (χ2n) is 9.07. The molecule has 1 unspecified atom stereocenters. The molecule has 1 aromatic carbocycles. The van der Waals surface area contributed by atoms with Gasteiger partial charge in [0.1, 0.15) is 0 Å². The van der Waals surface area contributed by atoms with E-state index in [0.29, 0.717) is 23.5 Å². The minimum absolute atomic E-state index is 0.257. The van der Waals surface area contributed by atoms with Gasteiger partial charge in [0, 0.05) is 43.2 Å². The third kappa shape index (κ3) is 5.25. The smallest absolute Gasteiger partial charge is 0.398 e. The first-order valence-corrected chi connectivity index (χ1v) is 11.3. The molecule has 34 heavy (non-hydrogen) atoms. The summed E-state index contributed by atoms with van der Waals surface area (Å²) >= 11 is 0. The summed E-state index contributed by atoms with van der Waals surface area (Å²) in [5, 5.41) is 13.9. The average molecular weight is 479 g/mol. The molecule has 0 radical (unpaired) electrons. The molecule has 3 heterocycles. The molecule has 1 aliphatic heterocycles. The van der Waals surface area contributed by atoms with Gasteiger partial charge < -0.3 is 20.5 Å². The number of fused-ring (bicyclic) bond motifs is 1. The average Bonchev–Trinajstić information content (AvgIpc) is 2.97. The molecule has 0 saturated carbocycles. The molecule has 0 aliphatic carbocycles. The zero-order chi connectivity index (χ0) is 24.5. The van der Waals surface area contributed by atoms with E-state index >= 15 is 0 Å². The molecule has 0 amide bonds. The van der Waals surface area contributed by atoms with E-state index in [1.807, 2.05) is 0 Å². The first-order valence-electron chi connectivity index (χ1n) is 11.3. The number of anilines is 2. The van der Waals surface area contributed by atoms with Crippen molar-refractivity contribution in [2.75, 3.05) is 23.7 Å². The van der Waals surface area contributed by atoms with Gasteiger partial charge >= 0.3 is 6.18 Å². The van der Waals surface area contributed by atoms with Crippen molar-refractivity contribution in [3.63, 3.8) is 0 Å². The number of hydrogen-bond donors (Lipinski definition) is 2. The number of aliphatic hydroxyl groups is 1. The Morgan fingerprint density at radius 3 is 2.50 bits per heavy atom. The molecule has 0 bridgehead atoms. The van der Waals surface area contributed by atoms with Crippen LogP contribution in [-0.2, 0) is 16.8 Å². The van der Waals surface area contributed by atoms with Gasteiger partial charge in [-0.25, -0.2) is 14.5 Å². The van der Waals surface area contributed by atoms with Crippen LogP contribution in [0.15, 0.2) is 30.6 Å². The van der Waals surface area contributed by atoms with Crippen LogP contribution >= 0.6 is 0 Å². The van der Waals surface area contributed by atoms with E-state index in [4.69, 9.17) is 15.5 Å². The fraction of sp³-hybridized carbons (Fsp3) is 0.522. The highest BCUT2D eigenvalue weighted by molar-refractivity contribution is 5.63. The molecule has 1 atom stereocenters. The van der Waals surface area contributed by atoms with Gasteiger partial charge in [0.15, 0.2) is 17.3 Å². The number of benzene rings is 1. The molecule has 1 saturated heterocycles. The first-order chi connectivity index (χ1) is 16.0. The summed E-state index contributed by atoms with van der Waals surface area (Å²) < 4.78 is 44.8. The lowest BCUT2D eigenvalue weighted by atomic mass is 9.94. The van der Waals surface area contributed by atoms with Crippen LogP contribution in [-0.4, -0.2) is 50.2 Å². The van der Waals surface area contributed by atoms with Crippen LogP contribution in [0.1, 0.15) is 56.5 Å². The van der Waals surface area contributed by atoms with E-state index < -0.39 is 18.1 Å². The molecule has 2 aromatic heterocycles. The number of nitrogens with two attached hydrogens (primary N) is 1. The summed E-state index contributed by atoms with van der Waals surface area (Å²) in [5.41, 5.74) is 6.79. The van der Waals surface area contributed by atoms with E-state index in [-0.39, 0.29) is 5.69 Å². The number of aromatic nitrogens is 4. The number of rotatable bonds is 6. The molecule has 8 nitrogen and oxygen atoms in total. The standard InChI is InChI=1S/C23H29F3N6O2/c1-22(2,34-21(33)23(24,25)26)16-8-7-15(13-17(16)27)14-18-29-20-19(28-9-12-32(20)30-18)31-10-5-3-4-6-11-31/h7-9,12-13,21,33H,3-6,10-11,14,27H2,1-2H3. The highest BCUT2D eigenvalue weighted by atomic mass is 19.4. The Labute approximate surface area is 195 Å². The maximum absolute atomic E-state index is 12.7. The molecule has 1 fully saturated rings. The quantitative estimate of drug-likeness (QED) is 0.410. The van der Waals surface area contributed by atoms with Gasteiger partial charge in [-0.15, -0.1) is 0 Å². The molecule has 1 aliphatic rings.